The maximum atomic E-state index is 6.33. The molecule has 1 aromatic heterocycles. The van der Waals surface area contributed by atoms with Crippen molar-refractivity contribution in [2.45, 2.75) is 17.9 Å². The lowest BCUT2D eigenvalue weighted by Crippen LogP contribution is -2.35. The van der Waals surface area contributed by atoms with Crippen molar-refractivity contribution >= 4 is 27.6 Å². The number of hydrogen-bond donors (Lipinski definition) is 0. The molecule has 2 heteroatoms. The first-order chi connectivity index (χ1) is 25.1. The lowest BCUT2D eigenvalue weighted by Gasteiger charge is -2.39. The SMILES string of the molecule is C=C/C=C\C(=C)N(c1ccc2oc3ccc(-c4ccccc4)cc3c2c1)C1C=CC(C2(/C(C=C)=C/C=C)c3ccccc3-c3ccccc32)=CC1. The van der Waals surface area contributed by atoms with E-state index in [1.54, 1.807) is 6.08 Å². The zero-order valence-electron chi connectivity index (χ0n) is 28.6. The fraction of sp³-hybridized carbons (Fsp3) is 0.0612. The predicted molar refractivity (Wildman–Crippen MR) is 217 cm³/mol. The van der Waals surface area contributed by atoms with Crippen LogP contribution < -0.4 is 4.90 Å². The molecule has 0 spiro atoms. The van der Waals surface area contributed by atoms with Gasteiger partial charge in [-0.25, -0.2) is 0 Å². The molecule has 8 rings (SSSR count). The minimum Gasteiger partial charge on any atom is -0.456 e. The molecule has 246 valence electrons. The first-order valence-corrected chi connectivity index (χ1v) is 17.4. The van der Waals surface area contributed by atoms with Crippen LogP contribution in [0.25, 0.3) is 44.2 Å². The van der Waals surface area contributed by atoms with Crippen molar-refractivity contribution in [1.29, 1.82) is 0 Å². The van der Waals surface area contributed by atoms with E-state index in [9.17, 15) is 0 Å². The van der Waals surface area contributed by atoms with E-state index in [-0.39, 0.29) is 6.04 Å². The number of allylic oxidation sites excluding steroid dienone is 9. The second-order valence-electron chi connectivity index (χ2n) is 13.0. The molecule has 2 aliphatic carbocycles. The van der Waals surface area contributed by atoms with Gasteiger partial charge < -0.3 is 9.32 Å². The topological polar surface area (TPSA) is 16.4 Å². The Hall–Kier alpha value is -6.38. The number of rotatable bonds is 10. The summed E-state index contributed by atoms with van der Waals surface area (Å²) in [5, 5.41) is 2.17. The summed E-state index contributed by atoms with van der Waals surface area (Å²) >= 11 is 0. The standard InChI is InChI=1S/C49H39NO/c1-5-8-17-34(4)50(40-29-31-48-44(33-40)43-32-36(24-30-47(43)51-48)35-18-10-9-11-19-35)39-27-25-38(26-28-39)49(37(7-3)16-6-2)45-22-14-12-20-41(45)42-21-13-15-23-46(42)49/h5-27,29-33,39H,1-4,28H2/b17-8-,37-16+. The molecule has 1 heterocycles. The maximum absolute atomic E-state index is 6.33. The summed E-state index contributed by atoms with van der Waals surface area (Å²) in [6.45, 7) is 16.8. The van der Waals surface area contributed by atoms with Gasteiger partial charge in [0.15, 0.2) is 0 Å². The summed E-state index contributed by atoms with van der Waals surface area (Å²) < 4.78 is 6.33. The molecule has 0 fully saturated rings. The van der Waals surface area contributed by atoms with E-state index in [0.717, 1.165) is 50.9 Å². The molecule has 5 aromatic carbocycles. The van der Waals surface area contributed by atoms with E-state index in [2.05, 4.69) is 165 Å². The van der Waals surface area contributed by atoms with Crippen LogP contribution >= 0.6 is 0 Å². The third-order valence-corrected chi connectivity index (χ3v) is 10.3. The number of benzene rings is 5. The van der Waals surface area contributed by atoms with Crippen LogP contribution in [0.2, 0.25) is 0 Å². The Morgan fingerprint density at radius 1 is 0.725 bits per heavy atom. The summed E-state index contributed by atoms with van der Waals surface area (Å²) in [6.07, 6.45) is 19.5. The highest BCUT2D eigenvalue weighted by molar-refractivity contribution is 6.07. The molecule has 2 nitrogen and oxygen atoms in total. The molecule has 0 aliphatic heterocycles. The fourth-order valence-corrected chi connectivity index (χ4v) is 8.13. The Morgan fingerprint density at radius 3 is 2.04 bits per heavy atom. The lowest BCUT2D eigenvalue weighted by molar-refractivity contribution is 0.668. The summed E-state index contributed by atoms with van der Waals surface area (Å²) in [5.74, 6) is 0. The average molecular weight is 658 g/mol. The van der Waals surface area contributed by atoms with E-state index in [1.165, 1.54) is 33.4 Å². The van der Waals surface area contributed by atoms with E-state index >= 15 is 0 Å². The Labute approximate surface area is 300 Å². The minimum atomic E-state index is -0.514. The molecule has 0 bridgehead atoms. The fourth-order valence-electron chi connectivity index (χ4n) is 8.13. The molecule has 1 atom stereocenters. The highest BCUT2D eigenvalue weighted by Gasteiger charge is 2.47. The number of furan rings is 1. The Kier molecular flexibility index (Phi) is 8.22. The Bertz CT molecular complexity index is 2440. The summed E-state index contributed by atoms with van der Waals surface area (Å²) in [4.78, 5) is 2.32. The molecule has 0 radical (unpaired) electrons. The van der Waals surface area contributed by atoms with Crippen molar-refractivity contribution in [3.05, 3.63) is 224 Å². The van der Waals surface area contributed by atoms with E-state index in [4.69, 9.17) is 4.42 Å². The van der Waals surface area contributed by atoms with Gasteiger partial charge in [-0.1, -0.05) is 160 Å². The molecule has 2 aliphatic rings. The number of anilines is 1. The van der Waals surface area contributed by atoms with Crippen molar-refractivity contribution in [2.24, 2.45) is 0 Å². The van der Waals surface area contributed by atoms with Crippen molar-refractivity contribution in [3.8, 4) is 22.3 Å². The molecule has 0 N–H and O–H groups in total. The highest BCUT2D eigenvalue weighted by Crippen LogP contribution is 2.57. The van der Waals surface area contributed by atoms with Gasteiger partial charge in [0.2, 0.25) is 0 Å². The number of fused-ring (bicyclic) bond motifs is 6. The molecule has 1 unspecified atom stereocenters. The van der Waals surface area contributed by atoms with Crippen molar-refractivity contribution in [1.82, 2.24) is 0 Å². The zero-order valence-corrected chi connectivity index (χ0v) is 28.6. The van der Waals surface area contributed by atoms with E-state index in [1.807, 2.05) is 30.4 Å². The largest absolute Gasteiger partial charge is 0.456 e. The Balaban J connectivity index is 1.23. The van der Waals surface area contributed by atoms with Crippen LogP contribution in [0.4, 0.5) is 5.69 Å². The molecular formula is C49H39NO. The third kappa shape index (κ3) is 5.19. The van der Waals surface area contributed by atoms with Crippen LogP contribution in [-0.2, 0) is 5.41 Å². The number of hydrogen-bond acceptors (Lipinski definition) is 2. The smallest absolute Gasteiger partial charge is 0.135 e. The molecule has 0 saturated carbocycles. The maximum Gasteiger partial charge on any atom is 0.135 e. The first kappa shape index (κ1) is 31.9. The van der Waals surface area contributed by atoms with Gasteiger partial charge in [0.1, 0.15) is 11.2 Å². The minimum absolute atomic E-state index is 0.0192. The molecule has 0 saturated heterocycles. The van der Waals surface area contributed by atoms with Gasteiger partial charge in [-0.2, -0.15) is 0 Å². The normalized spacial score (nSPS) is 16.1. The Morgan fingerprint density at radius 2 is 1.39 bits per heavy atom. The summed E-state index contributed by atoms with van der Waals surface area (Å²) in [5.41, 5.74) is 12.8. The number of nitrogens with zero attached hydrogens (tertiary/aromatic N) is 1. The summed E-state index contributed by atoms with van der Waals surface area (Å²) in [6, 6.07) is 40.9. The van der Waals surface area contributed by atoms with Crippen LogP contribution in [-0.4, -0.2) is 6.04 Å². The van der Waals surface area contributed by atoms with Crippen LogP contribution in [0.15, 0.2) is 218 Å². The van der Waals surface area contributed by atoms with Gasteiger partial charge >= 0.3 is 0 Å². The first-order valence-electron chi connectivity index (χ1n) is 17.4. The molecular weight excluding hydrogens is 619 g/mol. The van der Waals surface area contributed by atoms with E-state index < -0.39 is 5.41 Å². The van der Waals surface area contributed by atoms with Gasteiger partial charge in [-0.05, 0) is 87.4 Å². The second kappa shape index (κ2) is 13.2. The predicted octanol–water partition coefficient (Wildman–Crippen LogP) is 12.8. The van der Waals surface area contributed by atoms with Gasteiger partial charge in [0, 0.05) is 22.2 Å². The van der Waals surface area contributed by atoms with Crippen LogP contribution in [0.5, 0.6) is 0 Å². The van der Waals surface area contributed by atoms with Gasteiger partial charge in [0.25, 0.3) is 0 Å². The van der Waals surface area contributed by atoms with Crippen LogP contribution in [0.3, 0.4) is 0 Å². The van der Waals surface area contributed by atoms with Gasteiger partial charge in [-0.15, -0.1) is 0 Å². The molecule has 0 amide bonds. The van der Waals surface area contributed by atoms with Crippen molar-refractivity contribution in [2.75, 3.05) is 4.90 Å². The van der Waals surface area contributed by atoms with Crippen LogP contribution in [0, 0.1) is 0 Å². The monoisotopic (exact) mass is 657 g/mol. The van der Waals surface area contributed by atoms with Gasteiger partial charge in [-0.3, -0.25) is 0 Å². The van der Waals surface area contributed by atoms with E-state index in [0.29, 0.717) is 0 Å². The lowest BCUT2D eigenvalue weighted by atomic mass is 9.65. The van der Waals surface area contributed by atoms with Crippen LogP contribution in [0.1, 0.15) is 17.5 Å². The second-order valence-corrected chi connectivity index (χ2v) is 13.0. The van der Waals surface area contributed by atoms with Crippen molar-refractivity contribution < 1.29 is 4.42 Å². The van der Waals surface area contributed by atoms with Crippen molar-refractivity contribution in [3.63, 3.8) is 0 Å². The zero-order chi connectivity index (χ0) is 35.0. The van der Waals surface area contributed by atoms with Gasteiger partial charge in [0.05, 0.1) is 11.5 Å². The average Bonchev–Trinajstić information content (AvgIpc) is 3.70. The molecule has 51 heavy (non-hydrogen) atoms. The summed E-state index contributed by atoms with van der Waals surface area (Å²) in [7, 11) is 0. The highest BCUT2D eigenvalue weighted by atomic mass is 16.3. The third-order valence-electron chi connectivity index (χ3n) is 10.3. The quantitative estimate of drug-likeness (QED) is 0.136. The molecule has 6 aromatic rings.